The van der Waals surface area contributed by atoms with Gasteiger partial charge in [0.05, 0.1) is 11.8 Å². The van der Waals surface area contributed by atoms with Crippen molar-refractivity contribution in [3.8, 4) is 11.1 Å². The van der Waals surface area contributed by atoms with Crippen molar-refractivity contribution in [1.29, 1.82) is 0 Å². The minimum absolute atomic E-state index is 0.193. The summed E-state index contributed by atoms with van der Waals surface area (Å²) in [6.07, 6.45) is 1.68. The van der Waals surface area contributed by atoms with Crippen molar-refractivity contribution < 1.29 is 17.5 Å². The lowest BCUT2D eigenvalue weighted by atomic mass is 9.89. The fourth-order valence-corrected chi connectivity index (χ4v) is 4.37. The summed E-state index contributed by atoms with van der Waals surface area (Å²) in [5.41, 5.74) is 3.55. The molecule has 0 spiro atoms. The van der Waals surface area contributed by atoms with Gasteiger partial charge in [-0.3, -0.25) is 14.3 Å². The van der Waals surface area contributed by atoms with E-state index in [4.69, 9.17) is 4.99 Å². The SMILES string of the molecule is CC1N=C(c2ccc(F)cc2)c2cc(F)c(C(C)NS(=O)O)cc2-c2cn(C)c(=O)cc21. The third kappa shape index (κ3) is 4.06. The molecule has 1 aliphatic heterocycles. The van der Waals surface area contributed by atoms with Gasteiger partial charge in [0.15, 0.2) is 0 Å². The highest BCUT2D eigenvalue weighted by molar-refractivity contribution is 7.77. The number of hydrogen-bond donors (Lipinski definition) is 2. The molecular formula is C23H21F2N3O3S. The molecule has 0 saturated heterocycles. The Morgan fingerprint density at radius 1 is 1.12 bits per heavy atom. The lowest BCUT2D eigenvalue weighted by Gasteiger charge is -2.18. The van der Waals surface area contributed by atoms with Crippen LogP contribution in [0.3, 0.4) is 0 Å². The topological polar surface area (TPSA) is 83.7 Å². The molecule has 3 atom stereocenters. The molecule has 9 heteroatoms. The smallest absolute Gasteiger partial charge is 0.250 e. The van der Waals surface area contributed by atoms with Crippen LogP contribution in [0.2, 0.25) is 0 Å². The maximum absolute atomic E-state index is 15.2. The molecule has 0 amide bonds. The van der Waals surface area contributed by atoms with Crippen LogP contribution in [-0.2, 0) is 18.3 Å². The summed E-state index contributed by atoms with van der Waals surface area (Å²) in [6.45, 7) is 3.42. The van der Waals surface area contributed by atoms with E-state index in [1.54, 1.807) is 38.4 Å². The largest absolute Gasteiger partial charge is 0.318 e. The highest BCUT2D eigenvalue weighted by atomic mass is 32.2. The molecule has 2 N–H and O–H groups in total. The van der Waals surface area contributed by atoms with E-state index in [1.165, 1.54) is 28.8 Å². The van der Waals surface area contributed by atoms with E-state index in [2.05, 4.69) is 4.72 Å². The van der Waals surface area contributed by atoms with Crippen molar-refractivity contribution in [2.24, 2.45) is 12.0 Å². The summed E-state index contributed by atoms with van der Waals surface area (Å²) in [5.74, 6) is -0.981. The summed E-state index contributed by atoms with van der Waals surface area (Å²) < 4.78 is 52.9. The Kier molecular flexibility index (Phi) is 5.89. The van der Waals surface area contributed by atoms with Gasteiger partial charge in [0.2, 0.25) is 11.3 Å². The molecule has 0 aliphatic carbocycles. The quantitative estimate of drug-likeness (QED) is 0.581. The second kappa shape index (κ2) is 8.50. The monoisotopic (exact) mass is 457 g/mol. The van der Waals surface area contributed by atoms with Crippen LogP contribution in [0.1, 0.15) is 48.2 Å². The van der Waals surface area contributed by atoms with Gasteiger partial charge >= 0.3 is 0 Å². The molecule has 166 valence electrons. The van der Waals surface area contributed by atoms with E-state index < -0.39 is 35.0 Å². The molecule has 0 fully saturated rings. The van der Waals surface area contributed by atoms with Gasteiger partial charge in [0.1, 0.15) is 11.6 Å². The van der Waals surface area contributed by atoms with Crippen molar-refractivity contribution in [2.45, 2.75) is 25.9 Å². The van der Waals surface area contributed by atoms with E-state index in [9.17, 15) is 17.9 Å². The third-order valence-corrected chi connectivity index (χ3v) is 6.13. The van der Waals surface area contributed by atoms with E-state index >= 15 is 4.39 Å². The lowest BCUT2D eigenvalue weighted by molar-refractivity contribution is 0.526. The average Bonchev–Trinajstić information content (AvgIpc) is 2.83. The number of nitrogens with one attached hydrogen (secondary N) is 1. The van der Waals surface area contributed by atoms with Crippen LogP contribution in [0.4, 0.5) is 8.78 Å². The van der Waals surface area contributed by atoms with Gasteiger partial charge in [-0.2, -0.15) is 0 Å². The zero-order chi connectivity index (χ0) is 23.2. The van der Waals surface area contributed by atoms with Crippen molar-refractivity contribution in [1.82, 2.24) is 9.29 Å². The summed E-state index contributed by atoms with van der Waals surface area (Å²) in [6, 6.07) is 9.04. The summed E-state index contributed by atoms with van der Waals surface area (Å²) in [5, 5.41) is 0. The minimum Gasteiger partial charge on any atom is -0.318 e. The molecular weight excluding hydrogens is 436 g/mol. The van der Waals surface area contributed by atoms with Gasteiger partial charge in [-0.1, -0.05) is 0 Å². The van der Waals surface area contributed by atoms with Gasteiger partial charge in [-0.15, -0.1) is 0 Å². The van der Waals surface area contributed by atoms with Crippen molar-refractivity contribution in [3.05, 3.63) is 92.9 Å². The average molecular weight is 458 g/mol. The normalized spacial score (nSPS) is 17.1. The summed E-state index contributed by atoms with van der Waals surface area (Å²) >= 11 is -2.33. The van der Waals surface area contributed by atoms with Crippen molar-refractivity contribution in [2.75, 3.05) is 0 Å². The van der Waals surface area contributed by atoms with Crippen LogP contribution in [0.15, 0.2) is 58.4 Å². The van der Waals surface area contributed by atoms with Gasteiger partial charge in [-0.05, 0) is 61.4 Å². The Hall–Kier alpha value is -3.01. The molecule has 3 aromatic rings. The standard InChI is InChI=1S/C23H21F2N3O3S/c1-12-16-10-22(29)28(3)11-20(16)18-8-17(13(2)27-32(30)31)21(25)9-19(18)23(26-12)14-4-6-15(24)7-5-14/h4-13,27H,1-3H3,(H,30,31). The molecule has 32 heavy (non-hydrogen) atoms. The minimum atomic E-state index is -2.33. The number of aliphatic imine (C=N–C) groups is 1. The Morgan fingerprint density at radius 3 is 2.47 bits per heavy atom. The zero-order valence-corrected chi connectivity index (χ0v) is 18.4. The van der Waals surface area contributed by atoms with Crippen LogP contribution >= 0.6 is 0 Å². The highest BCUT2D eigenvalue weighted by Gasteiger charge is 2.26. The predicted octanol–water partition coefficient (Wildman–Crippen LogP) is 4.03. The van der Waals surface area contributed by atoms with Gasteiger partial charge in [-0.25, -0.2) is 17.7 Å². The molecule has 0 radical (unpaired) electrons. The first kappa shape index (κ1) is 22.2. The number of rotatable bonds is 4. The van der Waals surface area contributed by atoms with E-state index in [1.807, 2.05) is 6.92 Å². The maximum Gasteiger partial charge on any atom is 0.250 e. The van der Waals surface area contributed by atoms with E-state index in [-0.39, 0.29) is 11.1 Å². The molecule has 3 unspecified atom stereocenters. The fourth-order valence-electron chi connectivity index (χ4n) is 3.94. The Morgan fingerprint density at radius 2 is 1.81 bits per heavy atom. The molecule has 1 aliphatic rings. The lowest BCUT2D eigenvalue weighted by Crippen LogP contribution is -2.22. The van der Waals surface area contributed by atoms with Gasteiger partial charge in [0, 0.05) is 47.6 Å². The van der Waals surface area contributed by atoms with Crippen molar-refractivity contribution in [3.63, 3.8) is 0 Å². The second-order valence-corrected chi connectivity index (χ2v) is 8.49. The summed E-state index contributed by atoms with van der Waals surface area (Å²) in [4.78, 5) is 17.1. The van der Waals surface area contributed by atoms with Crippen LogP contribution in [0.25, 0.3) is 11.1 Å². The predicted molar refractivity (Wildman–Crippen MR) is 120 cm³/mol. The molecule has 4 rings (SSSR count). The molecule has 1 aromatic heterocycles. The molecule has 0 saturated carbocycles. The first-order valence-corrected chi connectivity index (χ1v) is 11.0. The maximum atomic E-state index is 15.2. The number of aromatic nitrogens is 1. The summed E-state index contributed by atoms with van der Waals surface area (Å²) in [7, 11) is 1.63. The van der Waals surface area contributed by atoms with Gasteiger partial charge < -0.3 is 4.57 Å². The number of nitrogens with zero attached hydrogens (tertiary/aromatic N) is 2. The zero-order valence-electron chi connectivity index (χ0n) is 17.6. The molecule has 2 heterocycles. The van der Waals surface area contributed by atoms with Crippen LogP contribution in [0, 0.1) is 11.6 Å². The van der Waals surface area contributed by atoms with Crippen molar-refractivity contribution >= 4 is 17.0 Å². The second-order valence-electron chi connectivity index (χ2n) is 7.76. The van der Waals surface area contributed by atoms with Crippen LogP contribution < -0.4 is 10.3 Å². The third-order valence-electron chi connectivity index (χ3n) is 5.58. The first-order valence-electron chi connectivity index (χ1n) is 9.91. The van der Waals surface area contributed by atoms with Crippen LogP contribution in [0.5, 0.6) is 0 Å². The van der Waals surface area contributed by atoms with E-state index in [0.29, 0.717) is 33.5 Å². The number of halogens is 2. The number of benzene rings is 2. The first-order chi connectivity index (χ1) is 15.2. The molecule has 0 bridgehead atoms. The number of hydrogen-bond acceptors (Lipinski definition) is 3. The Balaban J connectivity index is 2.03. The number of aryl methyl sites for hydroxylation is 1. The Labute approximate surface area is 186 Å². The number of fused-ring (bicyclic) bond motifs is 3. The molecule has 2 aromatic carbocycles. The fraction of sp³-hybridized carbons (Fsp3) is 0.217. The highest BCUT2D eigenvalue weighted by Crippen LogP contribution is 2.38. The van der Waals surface area contributed by atoms with Gasteiger partial charge in [0.25, 0.3) is 5.56 Å². The van der Waals surface area contributed by atoms with E-state index in [0.717, 1.165) is 0 Å². The Bertz CT molecular complexity index is 1320. The van der Waals surface area contributed by atoms with Crippen LogP contribution in [-0.4, -0.2) is 19.0 Å². The number of pyridine rings is 1. The molecule has 6 nitrogen and oxygen atoms in total.